The highest BCUT2D eigenvalue weighted by Gasteiger charge is 2.10. The predicted octanol–water partition coefficient (Wildman–Crippen LogP) is 4.29. The first-order valence-corrected chi connectivity index (χ1v) is 7.13. The van der Waals surface area contributed by atoms with Gasteiger partial charge < -0.3 is 14.6 Å². The zero-order chi connectivity index (χ0) is 15.4. The number of aliphatic hydroxyl groups is 1. The minimum Gasteiger partial charge on any atom is -0.493 e. The minimum absolute atomic E-state index is 0.365. The number of aliphatic hydroxyl groups excluding tert-OH is 1. The molecule has 3 nitrogen and oxygen atoms in total. The van der Waals surface area contributed by atoms with E-state index in [1.165, 1.54) is 0 Å². The molecule has 0 spiro atoms. The Morgan fingerprint density at radius 1 is 1.14 bits per heavy atom. The van der Waals surface area contributed by atoms with Gasteiger partial charge in [0.1, 0.15) is 6.61 Å². The van der Waals surface area contributed by atoms with E-state index in [0.717, 1.165) is 16.7 Å². The summed E-state index contributed by atoms with van der Waals surface area (Å²) in [6.45, 7) is 4.07. The number of rotatable bonds is 5. The predicted molar refractivity (Wildman–Crippen MR) is 84.1 cm³/mol. The third kappa shape index (κ3) is 3.90. The van der Waals surface area contributed by atoms with Gasteiger partial charge >= 0.3 is 0 Å². The summed E-state index contributed by atoms with van der Waals surface area (Å²) in [6, 6.07) is 11.2. The first-order valence-electron chi connectivity index (χ1n) is 6.75. The van der Waals surface area contributed by atoms with Gasteiger partial charge in [-0.3, -0.25) is 0 Å². The lowest BCUT2D eigenvalue weighted by atomic mass is 10.1. The number of aryl methyl sites for hydroxylation is 1. The Morgan fingerprint density at radius 3 is 2.52 bits per heavy atom. The van der Waals surface area contributed by atoms with Gasteiger partial charge in [0.15, 0.2) is 11.5 Å². The van der Waals surface area contributed by atoms with Gasteiger partial charge in [-0.1, -0.05) is 29.8 Å². The number of hydrogen-bond donors (Lipinski definition) is 1. The molecule has 0 bridgehead atoms. The van der Waals surface area contributed by atoms with Crippen LogP contribution in [0.1, 0.15) is 29.7 Å². The average molecular weight is 307 g/mol. The first-order chi connectivity index (χ1) is 10.0. The van der Waals surface area contributed by atoms with Gasteiger partial charge in [-0.25, -0.2) is 0 Å². The van der Waals surface area contributed by atoms with E-state index in [1.807, 2.05) is 31.2 Å². The number of methoxy groups -OCH3 is 1. The molecule has 0 aliphatic carbocycles. The Balaban J connectivity index is 2.16. The summed E-state index contributed by atoms with van der Waals surface area (Å²) in [6.07, 6.45) is -0.542. The van der Waals surface area contributed by atoms with Crippen LogP contribution in [0.2, 0.25) is 5.02 Å². The maximum Gasteiger partial charge on any atom is 0.161 e. The standard InChI is InChI=1S/C17H19ClO3/c1-11-4-5-14(15(18)8-11)10-21-16-7-6-13(12(2)19)9-17(16)20-3/h4-9,12,19H,10H2,1-3H3. The van der Waals surface area contributed by atoms with E-state index < -0.39 is 6.10 Å². The van der Waals surface area contributed by atoms with Crippen molar-refractivity contribution in [1.29, 1.82) is 0 Å². The van der Waals surface area contributed by atoms with Crippen molar-refractivity contribution in [3.8, 4) is 11.5 Å². The van der Waals surface area contributed by atoms with Crippen LogP contribution >= 0.6 is 11.6 Å². The second-order valence-electron chi connectivity index (χ2n) is 4.97. The van der Waals surface area contributed by atoms with Gasteiger partial charge in [-0.2, -0.15) is 0 Å². The SMILES string of the molecule is COc1cc(C(C)O)ccc1OCc1ccc(C)cc1Cl. The van der Waals surface area contributed by atoms with Gasteiger partial charge in [0, 0.05) is 10.6 Å². The van der Waals surface area contributed by atoms with Gasteiger partial charge in [0.25, 0.3) is 0 Å². The molecule has 0 aliphatic heterocycles. The van der Waals surface area contributed by atoms with Crippen molar-refractivity contribution in [2.45, 2.75) is 26.6 Å². The van der Waals surface area contributed by atoms with Crippen molar-refractivity contribution in [1.82, 2.24) is 0 Å². The van der Waals surface area contributed by atoms with Crippen LogP contribution in [0, 0.1) is 6.92 Å². The molecule has 0 aliphatic rings. The van der Waals surface area contributed by atoms with E-state index in [0.29, 0.717) is 23.1 Å². The third-order valence-corrected chi connectivity index (χ3v) is 3.61. The number of hydrogen-bond acceptors (Lipinski definition) is 3. The van der Waals surface area contributed by atoms with E-state index in [9.17, 15) is 5.11 Å². The summed E-state index contributed by atoms with van der Waals surface area (Å²) in [5, 5.41) is 10.3. The van der Waals surface area contributed by atoms with E-state index >= 15 is 0 Å². The Labute approximate surface area is 130 Å². The minimum atomic E-state index is -0.542. The molecule has 1 atom stereocenters. The highest BCUT2D eigenvalue weighted by molar-refractivity contribution is 6.31. The molecule has 0 radical (unpaired) electrons. The molecule has 2 aromatic rings. The van der Waals surface area contributed by atoms with Gasteiger partial charge in [0.05, 0.1) is 13.2 Å². The lowest BCUT2D eigenvalue weighted by Gasteiger charge is -2.14. The van der Waals surface area contributed by atoms with Gasteiger partial charge in [0.2, 0.25) is 0 Å². The lowest BCUT2D eigenvalue weighted by molar-refractivity contribution is 0.198. The highest BCUT2D eigenvalue weighted by Crippen LogP contribution is 2.31. The van der Waals surface area contributed by atoms with Crippen LogP contribution in [0.4, 0.5) is 0 Å². The summed E-state index contributed by atoms with van der Waals surface area (Å²) in [5.74, 6) is 1.22. The van der Waals surface area contributed by atoms with Crippen molar-refractivity contribution in [2.24, 2.45) is 0 Å². The summed E-state index contributed by atoms with van der Waals surface area (Å²) >= 11 is 6.19. The Hall–Kier alpha value is -1.71. The lowest BCUT2D eigenvalue weighted by Crippen LogP contribution is -2.00. The van der Waals surface area contributed by atoms with E-state index in [1.54, 1.807) is 26.2 Å². The molecule has 0 saturated carbocycles. The fourth-order valence-electron chi connectivity index (χ4n) is 1.99. The summed E-state index contributed by atoms with van der Waals surface area (Å²) in [5.41, 5.74) is 2.82. The first kappa shape index (κ1) is 15.7. The molecule has 2 aromatic carbocycles. The fourth-order valence-corrected chi connectivity index (χ4v) is 2.28. The molecule has 1 N–H and O–H groups in total. The van der Waals surface area contributed by atoms with E-state index in [4.69, 9.17) is 21.1 Å². The molecule has 0 amide bonds. The molecule has 21 heavy (non-hydrogen) atoms. The smallest absolute Gasteiger partial charge is 0.161 e. The van der Waals surface area contributed by atoms with Crippen molar-refractivity contribution >= 4 is 11.6 Å². The largest absolute Gasteiger partial charge is 0.493 e. The van der Waals surface area contributed by atoms with Crippen LogP contribution in [0.25, 0.3) is 0 Å². The third-order valence-electron chi connectivity index (χ3n) is 3.26. The topological polar surface area (TPSA) is 38.7 Å². The van der Waals surface area contributed by atoms with Crippen LogP contribution in [0.15, 0.2) is 36.4 Å². The van der Waals surface area contributed by atoms with Crippen molar-refractivity contribution in [2.75, 3.05) is 7.11 Å². The molecular formula is C17H19ClO3. The molecule has 0 fully saturated rings. The zero-order valence-corrected chi connectivity index (χ0v) is 13.1. The molecule has 1 unspecified atom stereocenters. The molecule has 112 valence electrons. The van der Waals surface area contributed by atoms with Crippen molar-refractivity contribution < 1.29 is 14.6 Å². The average Bonchev–Trinajstić information content (AvgIpc) is 2.46. The summed E-state index contributed by atoms with van der Waals surface area (Å²) in [4.78, 5) is 0. The molecule has 0 saturated heterocycles. The highest BCUT2D eigenvalue weighted by atomic mass is 35.5. The maximum atomic E-state index is 9.59. The second kappa shape index (κ2) is 6.83. The quantitative estimate of drug-likeness (QED) is 0.895. The molecule has 2 rings (SSSR count). The molecule has 0 heterocycles. The summed E-state index contributed by atoms with van der Waals surface area (Å²) < 4.78 is 11.1. The maximum absolute atomic E-state index is 9.59. The number of halogens is 1. The van der Waals surface area contributed by atoms with E-state index in [-0.39, 0.29) is 0 Å². The van der Waals surface area contributed by atoms with Crippen molar-refractivity contribution in [3.05, 3.63) is 58.1 Å². The zero-order valence-electron chi connectivity index (χ0n) is 12.4. The Kier molecular flexibility index (Phi) is 5.10. The van der Waals surface area contributed by atoms with Crippen LogP contribution in [0.3, 0.4) is 0 Å². The van der Waals surface area contributed by atoms with E-state index in [2.05, 4.69) is 0 Å². The van der Waals surface area contributed by atoms with Crippen LogP contribution in [-0.4, -0.2) is 12.2 Å². The molecular weight excluding hydrogens is 288 g/mol. The fraction of sp³-hybridized carbons (Fsp3) is 0.294. The van der Waals surface area contributed by atoms with Crippen LogP contribution in [0.5, 0.6) is 11.5 Å². The normalized spacial score (nSPS) is 12.0. The monoisotopic (exact) mass is 306 g/mol. The van der Waals surface area contributed by atoms with Crippen LogP contribution < -0.4 is 9.47 Å². The van der Waals surface area contributed by atoms with Crippen molar-refractivity contribution in [3.63, 3.8) is 0 Å². The second-order valence-corrected chi connectivity index (χ2v) is 5.38. The summed E-state index contributed by atoms with van der Waals surface area (Å²) in [7, 11) is 1.58. The Morgan fingerprint density at radius 2 is 1.90 bits per heavy atom. The van der Waals surface area contributed by atoms with Gasteiger partial charge in [-0.15, -0.1) is 0 Å². The van der Waals surface area contributed by atoms with Gasteiger partial charge in [-0.05, 0) is 43.2 Å². The molecule has 0 aromatic heterocycles. The number of ether oxygens (including phenoxy) is 2. The molecule has 4 heteroatoms. The number of benzene rings is 2. The Bertz CT molecular complexity index is 623. The van der Waals surface area contributed by atoms with Crippen LogP contribution in [-0.2, 0) is 6.61 Å².